The van der Waals surface area contributed by atoms with Gasteiger partial charge in [-0.1, -0.05) is 101 Å². The molecule has 0 spiro atoms. The third-order valence-electron chi connectivity index (χ3n) is 16.3. The van der Waals surface area contributed by atoms with Crippen molar-refractivity contribution in [2.45, 2.75) is 92.9 Å². The van der Waals surface area contributed by atoms with Crippen molar-refractivity contribution in [3.05, 3.63) is 231 Å². The van der Waals surface area contributed by atoms with Crippen LogP contribution in [0.25, 0.3) is 122 Å². The minimum Gasteiger partial charge on any atom is -0.143 e. The summed E-state index contributed by atoms with van der Waals surface area (Å²) in [6.07, 6.45) is 9.63. The zero-order chi connectivity index (χ0) is 62.7. The van der Waals surface area contributed by atoms with Crippen molar-refractivity contribution >= 4 is 198 Å². The second-order valence-electron chi connectivity index (χ2n) is 23.0. The van der Waals surface area contributed by atoms with E-state index in [9.17, 15) is 0 Å². The summed E-state index contributed by atoms with van der Waals surface area (Å²) in [5, 5.41) is 16.7. The van der Waals surface area contributed by atoms with Crippen LogP contribution in [-0.4, -0.2) is 18.4 Å². The molecule has 6 aromatic carbocycles. The molecule has 0 aliphatic heterocycles. The van der Waals surface area contributed by atoms with E-state index in [1.54, 1.807) is 36.0 Å². The monoisotopic (exact) mass is 1590 g/mol. The molecular formula is C79H72Br2S9Sn. The van der Waals surface area contributed by atoms with Gasteiger partial charge in [-0.2, -0.15) is 0 Å². The SMILES string of the molecule is Brc1ccc2cc3cc(Br)ccc3cc2c1.CCC.CCC[CH2][Sn]([CH2]CCC)([CH2]CCC)[c]1ccc(-c2ccc(-c3cccs3)s2)s1.c1csc(-c2ccc(-c3ccc(-c4ccc5cc6cc(-c7ccc(-c8ccc(-c9cccs9)s8)s7)ccc6cc5c4)s3)s2)c1. The Bertz CT molecular complexity index is 4520. The van der Waals surface area contributed by atoms with E-state index in [1.165, 1.54) is 167 Å². The summed E-state index contributed by atoms with van der Waals surface area (Å²) in [6, 6.07) is 76.5. The smallest absolute Gasteiger partial charge is 0.0449 e. The van der Waals surface area contributed by atoms with Gasteiger partial charge in [0.05, 0.1) is 0 Å². The summed E-state index contributed by atoms with van der Waals surface area (Å²) in [5.41, 5.74) is 2.56. The van der Waals surface area contributed by atoms with Gasteiger partial charge in [0, 0.05) is 57.7 Å². The van der Waals surface area contributed by atoms with Crippen molar-refractivity contribution in [3.63, 3.8) is 0 Å². The Morgan fingerprint density at radius 1 is 0.275 bits per heavy atom. The molecule has 0 unspecified atom stereocenters. The number of unbranched alkanes of at least 4 members (excludes halogenated alkanes) is 3. The zero-order valence-corrected chi connectivity index (χ0v) is 65.2. The minimum atomic E-state index is -2.27. The van der Waals surface area contributed by atoms with E-state index >= 15 is 0 Å². The van der Waals surface area contributed by atoms with Crippen LogP contribution in [0.2, 0.25) is 13.3 Å². The van der Waals surface area contributed by atoms with Crippen molar-refractivity contribution < 1.29 is 0 Å². The summed E-state index contributed by atoms with van der Waals surface area (Å²) < 4.78 is 8.79. The number of hydrogen-bond acceptors (Lipinski definition) is 9. The quantitative estimate of drug-likeness (QED) is 0.0593. The van der Waals surface area contributed by atoms with Crippen molar-refractivity contribution in [1.29, 1.82) is 0 Å². The fraction of sp³-hybridized carbons (Fsp3) is 0.190. The van der Waals surface area contributed by atoms with Crippen molar-refractivity contribution in [3.8, 4) is 79.4 Å². The number of halogens is 2. The average Bonchev–Trinajstić information content (AvgIpc) is 1.90. The normalized spacial score (nSPS) is 11.5. The molecule has 0 amide bonds. The van der Waals surface area contributed by atoms with Crippen LogP contribution in [0.4, 0.5) is 0 Å². The first-order chi connectivity index (χ1) is 44.6. The molecule has 15 rings (SSSR count). The maximum absolute atomic E-state index is 3.50. The van der Waals surface area contributed by atoms with Gasteiger partial charge in [-0.15, -0.1) is 68.0 Å². The van der Waals surface area contributed by atoms with Gasteiger partial charge in [0.2, 0.25) is 0 Å². The molecule has 0 N–H and O–H groups in total. The Morgan fingerprint density at radius 2 is 0.560 bits per heavy atom. The van der Waals surface area contributed by atoms with Crippen LogP contribution in [0, 0.1) is 0 Å². The number of benzene rings is 6. The van der Waals surface area contributed by atoms with Crippen molar-refractivity contribution in [2.24, 2.45) is 0 Å². The average molecular weight is 1590 g/mol. The zero-order valence-electron chi connectivity index (χ0n) is 51.9. The van der Waals surface area contributed by atoms with E-state index in [2.05, 4.69) is 300 Å². The van der Waals surface area contributed by atoms with E-state index in [1.807, 2.05) is 70.9 Å². The van der Waals surface area contributed by atoms with E-state index in [4.69, 9.17) is 0 Å². The van der Waals surface area contributed by atoms with Crippen molar-refractivity contribution in [1.82, 2.24) is 0 Å². The van der Waals surface area contributed by atoms with Gasteiger partial charge >= 0.3 is 189 Å². The standard InChI is InChI=1S/C38H22S6.C14H8Br2.C12H7S3.3C4H9.C3H8.Sn/c1-3-31(39-17-1)33-13-15-37(43-33)35-11-9-29(41-35)25-7-5-23-20-28-22-26(8-6-24(28)19-27(23)21-25)30-10-12-36(42-30)38-16-14-34(44-38)32-4-2-18-40-32;15-13-3-1-9-5-12-8-14(16)4-2-10(12)6-11(9)7-13;1-3-9(13-7-1)11-5-6-12(15-11)10-4-2-8-14-10;3*1-3-4-2;1-3-2;/h1-22H;1-8H;1-7H;3*1,3-4H2,2H3;3H2,1-2H3;. The number of hydrogen-bond donors (Lipinski definition) is 0. The molecule has 0 bridgehead atoms. The molecule has 0 saturated carbocycles. The molecule has 9 heterocycles. The van der Waals surface area contributed by atoms with Crippen LogP contribution >= 0.6 is 134 Å². The van der Waals surface area contributed by atoms with Crippen LogP contribution in [0.5, 0.6) is 0 Å². The van der Waals surface area contributed by atoms with E-state index < -0.39 is 18.4 Å². The van der Waals surface area contributed by atoms with Crippen LogP contribution < -0.4 is 2.89 Å². The third-order valence-corrected chi connectivity index (χ3v) is 45.9. The third kappa shape index (κ3) is 16.2. The molecule has 0 aliphatic carbocycles. The second kappa shape index (κ2) is 31.8. The molecule has 15 aromatic rings. The predicted octanol–water partition coefficient (Wildman–Crippen LogP) is 30.6. The molecule has 0 atom stereocenters. The first kappa shape index (κ1) is 66.4. The molecule has 460 valence electrons. The van der Waals surface area contributed by atoms with Crippen LogP contribution in [-0.2, 0) is 0 Å². The summed E-state index contributed by atoms with van der Waals surface area (Å²) in [5.74, 6) is 0. The summed E-state index contributed by atoms with van der Waals surface area (Å²) in [7, 11) is 0. The topological polar surface area (TPSA) is 0 Å². The second-order valence-corrected chi connectivity index (χ2v) is 48.4. The van der Waals surface area contributed by atoms with Gasteiger partial charge in [0.15, 0.2) is 0 Å². The van der Waals surface area contributed by atoms with Gasteiger partial charge < -0.3 is 0 Å². The number of fused-ring (bicyclic) bond motifs is 4. The number of thiophene rings is 9. The summed E-state index contributed by atoms with van der Waals surface area (Å²) >= 11 is 21.8. The van der Waals surface area contributed by atoms with Crippen LogP contribution in [0.1, 0.15) is 79.6 Å². The van der Waals surface area contributed by atoms with Gasteiger partial charge in [0.25, 0.3) is 0 Å². The molecule has 91 heavy (non-hydrogen) atoms. The van der Waals surface area contributed by atoms with E-state index in [-0.39, 0.29) is 0 Å². The molecule has 0 aliphatic rings. The Labute approximate surface area is 594 Å². The summed E-state index contributed by atoms with van der Waals surface area (Å²) in [4.78, 5) is 19.1. The first-order valence-corrected chi connectivity index (χ1v) is 48.2. The van der Waals surface area contributed by atoms with Gasteiger partial charge in [-0.05, 0) is 186 Å². The fourth-order valence-corrected chi connectivity index (χ4v) is 40.3. The molecule has 12 heteroatoms. The number of rotatable bonds is 18. The first-order valence-electron chi connectivity index (χ1n) is 31.6. The molecule has 0 radical (unpaired) electrons. The Kier molecular flexibility index (Phi) is 23.2. The Balaban J connectivity index is 0.000000145. The molecule has 0 saturated heterocycles. The van der Waals surface area contributed by atoms with Crippen molar-refractivity contribution in [2.75, 3.05) is 0 Å². The van der Waals surface area contributed by atoms with Crippen LogP contribution in [0.15, 0.2) is 231 Å². The Hall–Kier alpha value is -4.58. The minimum absolute atomic E-state index is 1.12. The van der Waals surface area contributed by atoms with Gasteiger partial charge in [-0.25, -0.2) is 0 Å². The van der Waals surface area contributed by atoms with E-state index in [0.717, 1.165) is 8.95 Å². The molecule has 0 fully saturated rings. The maximum atomic E-state index is 3.50. The molecule has 0 nitrogen and oxygen atoms in total. The van der Waals surface area contributed by atoms with Crippen LogP contribution in [0.3, 0.4) is 0 Å². The Morgan fingerprint density at radius 3 is 0.890 bits per heavy atom. The predicted molar refractivity (Wildman–Crippen MR) is 430 cm³/mol. The van der Waals surface area contributed by atoms with Gasteiger partial charge in [0.1, 0.15) is 0 Å². The maximum Gasteiger partial charge on any atom is 0.0449 e. The summed E-state index contributed by atoms with van der Waals surface area (Å²) in [6.45, 7) is 11.4. The van der Waals surface area contributed by atoms with E-state index in [0.29, 0.717) is 0 Å². The fourth-order valence-electron chi connectivity index (χ4n) is 11.6. The molecular weight excluding hydrogens is 1520 g/mol. The van der Waals surface area contributed by atoms with Gasteiger partial charge in [-0.3, -0.25) is 0 Å². The largest absolute Gasteiger partial charge is 0.143 e. The molecule has 9 aromatic heterocycles.